The van der Waals surface area contributed by atoms with E-state index in [1.54, 1.807) is 13.2 Å². The number of nitrogens with one attached hydrogen (secondary N) is 1. The van der Waals surface area contributed by atoms with Crippen LogP contribution in [0.1, 0.15) is 29.6 Å². The van der Waals surface area contributed by atoms with Gasteiger partial charge >= 0.3 is 5.97 Å². The van der Waals surface area contributed by atoms with E-state index in [0.29, 0.717) is 17.1 Å². The van der Waals surface area contributed by atoms with E-state index in [4.69, 9.17) is 10.5 Å². The van der Waals surface area contributed by atoms with E-state index in [2.05, 4.69) is 15.0 Å². The van der Waals surface area contributed by atoms with Crippen LogP contribution in [0.25, 0.3) is 0 Å². The first-order valence-electron chi connectivity index (χ1n) is 6.26. The second kappa shape index (κ2) is 8.31. The fourth-order valence-corrected chi connectivity index (χ4v) is 1.66. The summed E-state index contributed by atoms with van der Waals surface area (Å²) in [5, 5.41) is 3.12. The van der Waals surface area contributed by atoms with E-state index in [9.17, 15) is 4.79 Å². The quantitative estimate of drug-likeness (QED) is 0.550. The van der Waals surface area contributed by atoms with E-state index in [0.717, 1.165) is 32.4 Å². The lowest BCUT2D eigenvalue weighted by atomic mass is 10.2. The minimum Gasteiger partial charge on any atom is -0.465 e. The molecule has 6 nitrogen and oxygen atoms in total. The number of nitrogens with zero attached hydrogens (tertiary/aromatic N) is 1. The Morgan fingerprint density at radius 2 is 2.16 bits per heavy atom. The van der Waals surface area contributed by atoms with Gasteiger partial charge in [0.25, 0.3) is 0 Å². The van der Waals surface area contributed by atoms with Gasteiger partial charge < -0.3 is 20.5 Å². The molecule has 0 aliphatic carbocycles. The average molecular weight is 267 g/mol. The average Bonchev–Trinajstić information content (AvgIpc) is 2.43. The van der Waals surface area contributed by atoms with Crippen molar-refractivity contribution in [1.29, 1.82) is 0 Å². The van der Waals surface area contributed by atoms with Crippen LogP contribution in [0, 0.1) is 0 Å². The Hall–Kier alpha value is -1.82. The lowest BCUT2D eigenvalue weighted by Crippen LogP contribution is -2.11. The number of anilines is 2. The maximum absolute atomic E-state index is 11.5. The number of hydrogen-bond donors (Lipinski definition) is 2. The zero-order chi connectivity index (χ0) is 14.1. The summed E-state index contributed by atoms with van der Waals surface area (Å²) < 4.78 is 9.63. The Morgan fingerprint density at radius 1 is 1.37 bits per heavy atom. The highest BCUT2D eigenvalue weighted by molar-refractivity contribution is 5.97. The van der Waals surface area contributed by atoms with Crippen molar-refractivity contribution in [2.24, 2.45) is 0 Å². The number of hydrogen-bond acceptors (Lipinski definition) is 6. The van der Waals surface area contributed by atoms with Crippen LogP contribution in [0.15, 0.2) is 12.3 Å². The minimum atomic E-state index is -0.456. The Bertz CT molecular complexity index is 410. The molecule has 0 aliphatic heterocycles. The number of pyridine rings is 1. The lowest BCUT2D eigenvalue weighted by molar-refractivity contribution is 0.0602. The molecule has 0 aromatic carbocycles. The first-order valence-corrected chi connectivity index (χ1v) is 6.26. The molecule has 19 heavy (non-hydrogen) atoms. The summed E-state index contributed by atoms with van der Waals surface area (Å²) in [5.74, 6) is 0.0673. The molecule has 0 aliphatic rings. The molecule has 0 saturated carbocycles. The van der Waals surface area contributed by atoms with Gasteiger partial charge in [-0.15, -0.1) is 0 Å². The monoisotopic (exact) mass is 267 g/mol. The Balaban J connectivity index is 2.48. The van der Waals surface area contributed by atoms with E-state index in [1.165, 1.54) is 13.3 Å². The van der Waals surface area contributed by atoms with Crippen molar-refractivity contribution < 1.29 is 14.3 Å². The van der Waals surface area contributed by atoms with Crippen LogP contribution in [0.3, 0.4) is 0 Å². The van der Waals surface area contributed by atoms with Gasteiger partial charge in [0.1, 0.15) is 5.82 Å². The van der Waals surface area contributed by atoms with Gasteiger partial charge in [-0.3, -0.25) is 0 Å². The van der Waals surface area contributed by atoms with E-state index < -0.39 is 5.97 Å². The zero-order valence-corrected chi connectivity index (χ0v) is 11.4. The highest BCUT2D eigenvalue weighted by atomic mass is 16.5. The van der Waals surface area contributed by atoms with Gasteiger partial charge in [-0.25, -0.2) is 9.78 Å². The van der Waals surface area contributed by atoms with Crippen LogP contribution in [0.2, 0.25) is 0 Å². The second-order valence-electron chi connectivity index (χ2n) is 4.09. The summed E-state index contributed by atoms with van der Waals surface area (Å²) in [5.41, 5.74) is 6.53. The number of carbonyl (C=O) groups is 1. The first-order chi connectivity index (χ1) is 9.20. The normalized spacial score (nSPS) is 10.2. The van der Waals surface area contributed by atoms with Crippen molar-refractivity contribution in [1.82, 2.24) is 4.98 Å². The number of nitrogens with two attached hydrogens (primary N) is 1. The Kier molecular flexibility index (Phi) is 6.67. The van der Waals surface area contributed by atoms with E-state index in [1.807, 2.05) is 0 Å². The van der Waals surface area contributed by atoms with Crippen molar-refractivity contribution in [2.45, 2.75) is 19.3 Å². The number of esters is 1. The number of rotatable bonds is 8. The van der Waals surface area contributed by atoms with Crippen molar-refractivity contribution in [3.63, 3.8) is 0 Å². The van der Waals surface area contributed by atoms with Crippen molar-refractivity contribution in [3.8, 4) is 0 Å². The Labute approximate surface area is 113 Å². The summed E-state index contributed by atoms with van der Waals surface area (Å²) in [6.07, 6.45) is 4.63. The molecule has 106 valence electrons. The van der Waals surface area contributed by atoms with E-state index >= 15 is 0 Å². The fraction of sp³-hybridized carbons (Fsp3) is 0.538. The van der Waals surface area contributed by atoms with Crippen molar-refractivity contribution in [3.05, 3.63) is 17.8 Å². The molecule has 3 N–H and O–H groups in total. The van der Waals surface area contributed by atoms with Gasteiger partial charge in [-0.1, -0.05) is 0 Å². The van der Waals surface area contributed by atoms with Crippen molar-refractivity contribution >= 4 is 17.5 Å². The standard InChI is InChI=1S/C13H21N3O3/c1-18-9-5-3-4-7-15-12-11(14)10(6-8-16-12)13(17)19-2/h6,8H,3-5,7,9,14H2,1-2H3,(H,15,16). The van der Waals surface area contributed by atoms with Crippen LogP contribution in [0.4, 0.5) is 11.5 Å². The third-order valence-corrected chi connectivity index (χ3v) is 2.71. The number of carbonyl (C=O) groups excluding carboxylic acids is 1. The van der Waals surface area contributed by atoms with Gasteiger partial charge in [-0.2, -0.15) is 0 Å². The molecule has 1 heterocycles. The molecular weight excluding hydrogens is 246 g/mol. The summed E-state index contributed by atoms with van der Waals surface area (Å²) in [7, 11) is 3.02. The minimum absolute atomic E-state index is 0.325. The molecule has 0 saturated heterocycles. The van der Waals surface area contributed by atoms with Gasteiger partial charge in [0.2, 0.25) is 0 Å². The maximum atomic E-state index is 11.5. The molecule has 1 aromatic heterocycles. The molecule has 1 aromatic rings. The highest BCUT2D eigenvalue weighted by Gasteiger charge is 2.13. The summed E-state index contributed by atoms with van der Waals surface area (Å²) in [6, 6.07) is 1.55. The van der Waals surface area contributed by atoms with Gasteiger partial charge in [0, 0.05) is 26.5 Å². The number of ether oxygens (including phenoxy) is 2. The zero-order valence-electron chi connectivity index (χ0n) is 11.4. The van der Waals surface area contributed by atoms with Gasteiger partial charge in [0.05, 0.1) is 18.4 Å². The fourth-order valence-electron chi connectivity index (χ4n) is 1.66. The van der Waals surface area contributed by atoms with E-state index in [-0.39, 0.29) is 0 Å². The molecule has 0 atom stereocenters. The number of methoxy groups -OCH3 is 2. The molecule has 0 spiro atoms. The summed E-state index contributed by atoms with van der Waals surface area (Å²) in [4.78, 5) is 15.6. The van der Waals surface area contributed by atoms with Crippen LogP contribution in [0.5, 0.6) is 0 Å². The predicted molar refractivity (Wildman–Crippen MR) is 74.2 cm³/mol. The molecule has 0 amide bonds. The number of unbranched alkanes of at least 4 members (excludes halogenated alkanes) is 2. The van der Waals surface area contributed by atoms with Crippen LogP contribution >= 0.6 is 0 Å². The number of aromatic nitrogens is 1. The van der Waals surface area contributed by atoms with Gasteiger partial charge in [-0.05, 0) is 25.3 Å². The maximum Gasteiger partial charge on any atom is 0.340 e. The molecule has 0 bridgehead atoms. The highest BCUT2D eigenvalue weighted by Crippen LogP contribution is 2.20. The predicted octanol–water partition coefficient (Wildman–Crippen LogP) is 1.68. The molecule has 6 heteroatoms. The van der Waals surface area contributed by atoms with Crippen LogP contribution in [-0.4, -0.2) is 38.3 Å². The first kappa shape index (κ1) is 15.2. The smallest absolute Gasteiger partial charge is 0.340 e. The SMILES string of the molecule is COCCCCCNc1nccc(C(=O)OC)c1N. The molecule has 0 fully saturated rings. The van der Waals surface area contributed by atoms with Crippen molar-refractivity contribution in [2.75, 3.05) is 38.4 Å². The third-order valence-electron chi connectivity index (χ3n) is 2.71. The third kappa shape index (κ3) is 4.75. The summed E-state index contributed by atoms with van der Waals surface area (Å²) >= 11 is 0. The summed E-state index contributed by atoms with van der Waals surface area (Å²) in [6.45, 7) is 1.53. The Morgan fingerprint density at radius 3 is 2.84 bits per heavy atom. The molecule has 0 unspecified atom stereocenters. The lowest BCUT2D eigenvalue weighted by Gasteiger charge is -2.10. The van der Waals surface area contributed by atoms with Crippen LogP contribution in [-0.2, 0) is 9.47 Å². The van der Waals surface area contributed by atoms with Crippen LogP contribution < -0.4 is 11.1 Å². The molecular formula is C13H21N3O3. The molecule has 0 radical (unpaired) electrons. The topological polar surface area (TPSA) is 86.5 Å². The van der Waals surface area contributed by atoms with Gasteiger partial charge in [0.15, 0.2) is 0 Å². The largest absolute Gasteiger partial charge is 0.465 e. The molecule has 1 rings (SSSR count). The number of nitrogen functional groups attached to an aromatic ring is 1. The second-order valence-corrected chi connectivity index (χ2v) is 4.09.